The van der Waals surface area contributed by atoms with E-state index in [4.69, 9.17) is 28.4 Å². The number of thiol groups is 1. The highest BCUT2D eigenvalue weighted by Gasteiger charge is 2.58. The van der Waals surface area contributed by atoms with Gasteiger partial charge in [0.1, 0.15) is 51.5 Å². The van der Waals surface area contributed by atoms with Crippen molar-refractivity contribution in [1.29, 1.82) is 0 Å². The summed E-state index contributed by atoms with van der Waals surface area (Å²) in [4.78, 5) is 29.5. The van der Waals surface area contributed by atoms with Crippen LogP contribution in [0, 0.1) is 53.2 Å². The number of esters is 2. The number of rotatable bonds is 13. The molecule has 0 saturated heterocycles. The van der Waals surface area contributed by atoms with Gasteiger partial charge in [-0.25, -0.2) is 14.0 Å². The van der Waals surface area contributed by atoms with Gasteiger partial charge in [0, 0.05) is 9.79 Å². The van der Waals surface area contributed by atoms with E-state index >= 15 is 0 Å². The van der Waals surface area contributed by atoms with Crippen LogP contribution in [-0.2, 0) is 19.1 Å². The van der Waals surface area contributed by atoms with Crippen LogP contribution in [0.4, 0.5) is 4.39 Å². The van der Waals surface area contributed by atoms with Gasteiger partial charge in [0.25, 0.3) is 0 Å². The van der Waals surface area contributed by atoms with Gasteiger partial charge in [-0.15, -0.1) is 0 Å². The third-order valence-corrected chi connectivity index (χ3v) is 19.4. The first-order chi connectivity index (χ1) is 32.0. The van der Waals surface area contributed by atoms with Crippen LogP contribution < -0.4 is 18.9 Å². The SMILES string of the molecule is CC1(OC(=O)COc2ccc(Oc3ccc4c(c3)-c3cc(Oc5ccc(OCC(=O)OC6(C)C7CC8CC(C7)CC6C8)cc5)ccc3[SH]4c3ccc(F)cc3)cc2)C2CC3CC(C2)CC1C3. The van der Waals surface area contributed by atoms with Crippen LogP contribution >= 0.6 is 10.9 Å². The van der Waals surface area contributed by atoms with Crippen LogP contribution in [0.2, 0.25) is 0 Å². The second-order valence-corrected chi connectivity index (χ2v) is 23.0. The van der Waals surface area contributed by atoms with Crippen LogP contribution in [0.1, 0.15) is 78.1 Å². The van der Waals surface area contributed by atoms with Crippen molar-refractivity contribution in [2.45, 2.75) is 104 Å². The third kappa shape index (κ3) is 7.71. The summed E-state index contributed by atoms with van der Waals surface area (Å²) in [5.41, 5.74) is 1.28. The van der Waals surface area contributed by atoms with Crippen LogP contribution in [0.5, 0.6) is 34.5 Å². The Kier molecular flexibility index (Phi) is 10.4. The van der Waals surface area contributed by atoms with Gasteiger partial charge in [-0.05, 0) is 251 Å². The van der Waals surface area contributed by atoms with E-state index in [1.165, 1.54) is 76.3 Å². The van der Waals surface area contributed by atoms with Crippen molar-refractivity contribution in [3.63, 3.8) is 0 Å². The van der Waals surface area contributed by atoms with Gasteiger partial charge in [0.15, 0.2) is 13.2 Å². The fourth-order valence-corrected chi connectivity index (χ4v) is 16.4. The van der Waals surface area contributed by atoms with Crippen molar-refractivity contribution in [3.05, 3.63) is 115 Å². The number of hydrogen-bond donors (Lipinski definition) is 1. The minimum Gasteiger partial charge on any atom is -0.482 e. The molecule has 0 amide bonds. The van der Waals surface area contributed by atoms with Crippen molar-refractivity contribution in [2.75, 3.05) is 13.2 Å². The van der Waals surface area contributed by atoms with Gasteiger partial charge in [-0.3, -0.25) is 0 Å². The first-order valence-electron chi connectivity index (χ1n) is 24.1. The largest absolute Gasteiger partial charge is 0.482 e. The predicted molar refractivity (Wildman–Crippen MR) is 249 cm³/mol. The lowest BCUT2D eigenvalue weighted by molar-refractivity contribution is -0.205. The average Bonchev–Trinajstić information content (AvgIpc) is 3.62. The zero-order valence-electron chi connectivity index (χ0n) is 37.6. The Balaban J connectivity index is 0.702. The number of fused-ring (bicyclic) bond motifs is 3. The van der Waals surface area contributed by atoms with Crippen molar-refractivity contribution < 1.29 is 42.4 Å². The van der Waals surface area contributed by atoms with Gasteiger partial charge >= 0.3 is 11.9 Å². The van der Waals surface area contributed by atoms with E-state index in [1.54, 1.807) is 0 Å². The average molecular weight is 909 g/mol. The summed E-state index contributed by atoms with van der Waals surface area (Å²) in [5.74, 6) is 7.89. The predicted octanol–water partition coefficient (Wildman–Crippen LogP) is 13.1. The zero-order chi connectivity index (χ0) is 44.7. The second kappa shape index (κ2) is 16.4. The molecule has 0 aromatic heterocycles. The van der Waals surface area contributed by atoms with E-state index in [1.807, 2.05) is 72.8 Å². The summed E-state index contributed by atoms with van der Waals surface area (Å²) < 4.78 is 51.1. The molecule has 9 aliphatic rings. The van der Waals surface area contributed by atoms with Crippen LogP contribution in [0.15, 0.2) is 124 Å². The van der Waals surface area contributed by atoms with Gasteiger partial charge < -0.3 is 28.4 Å². The first kappa shape index (κ1) is 41.9. The lowest BCUT2D eigenvalue weighted by atomic mass is 9.50. The summed E-state index contributed by atoms with van der Waals surface area (Å²) in [6.45, 7) is 4.04. The summed E-state index contributed by atoms with van der Waals surface area (Å²) >= 11 is 0. The number of halogens is 1. The highest BCUT2D eigenvalue weighted by molar-refractivity contribution is 8.17. The molecular weight excluding hydrogens is 852 g/mol. The minimum atomic E-state index is -0.967. The number of benzene rings is 5. The maximum absolute atomic E-state index is 14.1. The van der Waals surface area contributed by atoms with E-state index < -0.39 is 10.9 Å². The minimum absolute atomic E-state index is 0.131. The van der Waals surface area contributed by atoms with E-state index in [2.05, 4.69) is 38.1 Å². The molecule has 8 aliphatic carbocycles. The van der Waals surface area contributed by atoms with Crippen LogP contribution in [-0.4, -0.2) is 36.4 Å². The van der Waals surface area contributed by atoms with E-state index in [0.717, 1.165) is 49.5 Å². The number of carbonyl (C=O) groups excluding carboxylic acids is 2. The molecule has 342 valence electrons. The van der Waals surface area contributed by atoms with Crippen LogP contribution in [0.25, 0.3) is 11.1 Å². The molecule has 0 N–H and O–H groups in total. The molecule has 10 heteroatoms. The molecular formula is C56H57FO8S. The highest BCUT2D eigenvalue weighted by atomic mass is 32.2. The van der Waals surface area contributed by atoms with E-state index in [0.29, 0.717) is 58.2 Å². The monoisotopic (exact) mass is 908 g/mol. The Morgan fingerprint density at radius 3 is 1.21 bits per heavy atom. The number of hydrogen-bond acceptors (Lipinski definition) is 8. The topological polar surface area (TPSA) is 89.5 Å². The molecule has 8 bridgehead atoms. The van der Waals surface area contributed by atoms with Crippen molar-refractivity contribution >= 4 is 22.8 Å². The third-order valence-electron chi connectivity index (χ3n) is 16.8. The summed E-state index contributed by atoms with van der Waals surface area (Å²) in [7, 11) is -0.967. The standard InChI is InChI=1S/C56H57FO8S/c1-55(37-21-33-19-34(23-37)24-38(55)22-33)64-53(58)31-60-42-5-9-44(10-6-42)62-46-13-17-51-49(29-46)50-30-47(14-18-52(50)66(51)48-15-3-41(57)4-16-48)63-45-11-7-43(8-12-45)61-32-54(59)65-56(2)39-25-35-20-36(27-39)28-40(56)26-35/h3-18,29-30,33-40,66H,19-28,31-32H2,1-2H3. The van der Waals surface area contributed by atoms with Crippen molar-refractivity contribution in [3.8, 4) is 45.6 Å². The number of ether oxygens (including phenoxy) is 6. The smallest absolute Gasteiger partial charge is 0.344 e. The number of carbonyl (C=O) groups is 2. The van der Waals surface area contributed by atoms with E-state index in [-0.39, 0.29) is 42.2 Å². The van der Waals surface area contributed by atoms with E-state index in [9.17, 15) is 14.0 Å². The molecule has 8 saturated carbocycles. The summed E-state index contributed by atoms with van der Waals surface area (Å²) in [6.07, 6.45) is 12.1. The Morgan fingerprint density at radius 2 is 0.833 bits per heavy atom. The van der Waals surface area contributed by atoms with Crippen molar-refractivity contribution in [1.82, 2.24) is 0 Å². The molecule has 5 aromatic carbocycles. The Labute approximate surface area is 388 Å². The molecule has 66 heavy (non-hydrogen) atoms. The van der Waals surface area contributed by atoms with Gasteiger partial charge in [0.05, 0.1) is 0 Å². The molecule has 8 nitrogen and oxygen atoms in total. The lowest BCUT2D eigenvalue weighted by Crippen LogP contribution is -2.58. The maximum atomic E-state index is 14.1. The molecule has 5 aromatic rings. The van der Waals surface area contributed by atoms with Crippen LogP contribution in [0.3, 0.4) is 0 Å². The van der Waals surface area contributed by atoms with Crippen molar-refractivity contribution in [2.24, 2.45) is 47.3 Å². The molecule has 0 unspecified atom stereocenters. The fraction of sp³-hybridized carbons (Fsp3) is 0.429. The van der Waals surface area contributed by atoms with Gasteiger partial charge in [-0.2, -0.15) is 10.9 Å². The molecule has 0 radical (unpaired) electrons. The van der Waals surface area contributed by atoms with Gasteiger partial charge in [0.2, 0.25) is 0 Å². The highest BCUT2D eigenvalue weighted by Crippen LogP contribution is 2.64. The molecule has 14 rings (SSSR count). The molecule has 0 spiro atoms. The molecule has 8 fully saturated rings. The Morgan fingerprint density at radius 1 is 0.485 bits per heavy atom. The fourth-order valence-electron chi connectivity index (χ4n) is 13.9. The molecule has 1 heterocycles. The summed E-state index contributed by atoms with van der Waals surface area (Å²) in [6, 6.07) is 33.6. The Bertz CT molecular complexity index is 2450. The zero-order valence-corrected chi connectivity index (χ0v) is 38.5. The molecule has 1 aliphatic heterocycles. The lowest BCUT2D eigenvalue weighted by Gasteiger charge is -2.59. The Hall–Kier alpha value is -5.48. The normalized spacial score (nSPS) is 32.0. The quantitative estimate of drug-likeness (QED) is 0.0905. The summed E-state index contributed by atoms with van der Waals surface area (Å²) in [5, 5.41) is 0. The first-order valence-corrected chi connectivity index (χ1v) is 25.4. The molecule has 0 atom stereocenters. The van der Waals surface area contributed by atoms with Gasteiger partial charge in [-0.1, -0.05) is 0 Å². The second-order valence-electron chi connectivity index (χ2n) is 20.8. The maximum Gasteiger partial charge on any atom is 0.344 e.